The molecule has 0 radical (unpaired) electrons. The van der Waals surface area contributed by atoms with Gasteiger partial charge in [-0.25, -0.2) is 0 Å². The molecule has 0 aromatic heterocycles. The van der Waals surface area contributed by atoms with Crippen molar-refractivity contribution in [3.05, 3.63) is 29.8 Å². The van der Waals surface area contributed by atoms with Gasteiger partial charge in [0.1, 0.15) is 11.5 Å². The van der Waals surface area contributed by atoms with Gasteiger partial charge in [0.25, 0.3) is 0 Å². The number of ketones is 1. The summed E-state index contributed by atoms with van der Waals surface area (Å²) in [4.78, 5) is 11.6. The number of aromatic hydroxyl groups is 1. The third kappa shape index (κ3) is 2.82. The number of phenolic OH excluding ortho intramolecular Hbond substituents is 1. The summed E-state index contributed by atoms with van der Waals surface area (Å²) in [6.07, 6.45) is 0. The molecule has 0 fully saturated rings. The molecule has 1 aromatic carbocycles. The van der Waals surface area contributed by atoms with Crippen molar-refractivity contribution in [2.24, 2.45) is 5.41 Å². The van der Waals surface area contributed by atoms with Crippen molar-refractivity contribution < 1.29 is 9.90 Å². The maximum atomic E-state index is 11.6. The molecular weight excluding hydrogens is 188 g/mol. The highest BCUT2D eigenvalue weighted by atomic mass is 16.3. The fourth-order valence-electron chi connectivity index (χ4n) is 2.01. The van der Waals surface area contributed by atoms with Gasteiger partial charge in [0.2, 0.25) is 0 Å². The first-order valence-corrected chi connectivity index (χ1v) is 5.12. The molecule has 0 aliphatic rings. The van der Waals surface area contributed by atoms with E-state index >= 15 is 0 Å². The normalized spacial score (nSPS) is 13.6. The number of hydrogen-bond donors (Lipinski definition) is 1. The Morgan fingerprint density at radius 3 is 2.00 bits per heavy atom. The number of rotatable bonds is 2. The van der Waals surface area contributed by atoms with Crippen LogP contribution in [0.3, 0.4) is 0 Å². The molecule has 2 heteroatoms. The molecule has 2 nitrogen and oxygen atoms in total. The second-order valence-electron chi connectivity index (χ2n) is 5.00. The van der Waals surface area contributed by atoms with Crippen molar-refractivity contribution in [3.8, 4) is 5.75 Å². The lowest BCUT2D eigenvalue weighted by molar-refractivity contribution is -0.120. The van der Waals surface area contributed by atoms with E-state index in [4.69, 9.17) is 0 Å². The fraction of sp³-hybridized carbons (Fsp3) is 0.462. The van der Waals surface area contributed by atoms with Gasteiger partial charge in [-0.3, -0.25) is 4.79 Å². The van der Waals surface area contributed by atoms with Gasteiger partial charge in [0, 0.05) is 5.92 Å². The molecule has 1 N–H and O–H groups in total. The Hall–Kier alpha value is -1.31. The van der Waals surface area contributed by atoms with E-state index in [1.54, 1.807) is 19.1 Å². The van der Waals surface area contributed by atoms with Crippen LogP contribution in [0, 0.1) is 5.41 Å². The fourth-order valence-corrected chi connectivity index (χ4v) is 2.01. The first-order valence-electron chi connectivity index (χ1n) is 5.12. The van der Waals surface area contributed by atoms with Crippen LogP contribution in [0.25, 0.3) is 0 Å². The molecule has 0 aliphatic carbocycles. The molecule has 15 heavy (non-hydrogen) atoms. The summed E-state index contributed by atoms with van der Waals surface area (Å²) in [6.45, 7) is 7.76. The quantitative estimate of drug-likeness (QED) is 0.807. The molecule has 0 aliphatic heterocycles. The zero-order valence-electron chi connectivity index (χ0n) is 9.74. The Labute approximate surface area is 90.9 Å². The molecule has 1 aromatic rings. The molecule has 0 spiro atoms. The summed E-state index contributed by atoms with van der Waals surface area (Å²) in [5.41, 5.74) is 0.871. The van der Waals surface area contributed by atoms with Crippen LogP contribution >= 0.6 is 0 Å². The highest BCUT2D eigenvalue weighted by Gasteiger charge is 2.29. The summed E-state index contributed by atoms with van der Waals surface area (Å²) in [5.74, 6) is 0.279. The standard InChI is InChI=1S/C13H18O2/c1-9(14)12(13(2,3)4)10-5-7-11(15)8-6-10/h5-8,12,15H,1-4H3/t12-/m1/s1. The van der Waals surface area contributed by atoms with Gasteiger partial charge in [0.05, 0.1) is 0 Å². The molecule has 1 atom stereocenters. The summed E-state index contributed by atoms with van der Waals surface area (Å²) in [7, 11) is 0. The van der Waals surface area contributed by atoms with Crippen LogP contribution < -0.4 is 0 Å². The minimum Gasteiger partial charge on any atom is -0.508 e. The summed E-state index contributed by atoms with van der Waals surface area (Å²) in [6, 6.07) is 6.87. The molecule has 1 rings (SSSR count). The molecular formula is C13H18O2. The SMILES string of the molecule is CC(=O)[C@H](c1ccc(O)cc1)C(C)(C)C. The van der Waals surface area contributed by atoms with E-state index < -0.39 is 0 Å². The molecule has 0 saturated heterocycles. The monoisotopic (exact) mass is 206 g/mol. The average molecular weight is 206 g/mol. The summed E-state index contributed by atoms with van der Waals surface area (Å²) in [5, 5.41) is 9.19. The zero-order chi connectivity index (χ0) is 11.6. The van der Waals surface area contributed by atoms with Crippen molar-refractivity contribution in [3.63, 3.8) is 0 Å². The Morgan fingerprint density at radius 1 is 1.20 bits per heavy atom. The number of carbonyl (C=O) groups excluding carboxylic acids is 1. The van der Waals surface area contributed by atoms with Crippen LogP contribution in [-0.2, 0) is 4.79 Å². The minimum absolute atomic E-state index is 0.0944. The minimum atomic E-state index is -0.113. The zero-order valence-corrected chi connectivity index (χ0v) is 9.74. The lowest BCUT2D eigenvalue weighted by Gasteiger charge is -2.28. The third-order valence-corrected chi connectivity index (χ3v) is 2.50. The largest absolute Gasteiger partial charge is 0.508 e. The van der Waals surface area contributed by atoms with Gasteiger partial charge < -0.3 is 5.11 Å². The topological polar surface area (TPSA) is 37.3 Å². The molecule has 0 unspecified atom stereocenters. The average Bonchev–Trinajstić information content (AvgIpc) is 2.05. The number of phenols is 1. The molecule has 82 valence electrons. The molecule has 0 heterocycles. The Morgan fingerprint density at radius 2 is 1.67 bits per heavy atom. The predicted octanol–water partition coefficient (Wildman–Crippen LogP) is 3.11. The van der Waals surface area contributed by atoms with E-state index in [0.717, 1.165) is 5.56 Å². The lowest BCUT2D eigenvalue weighted by atomic mass is 9.74. The van der Waals surface area contributed by atoms with E-state index in [1.807, 2.05) is 32.9 Å². The van der Waals surface area contributed by atoms with Crippen molar-refractivity contribution in [2.75, 3.05) is 0 Å². The van der Waals surface area contributed by atoms with Crippen LogP contribution in [0.15, 0.2) is 24.3 Å². The van der Waals surface area contributed by atoms with Crippen LogP contribution in [0.5, 0.6) is 5.75 Å². The first-order chi connectivity index (χ1) is 6.82. The molecule has 0 amide bonds. The Bertz CT molecular complexity index is 344. The van der Waals surface area contributed by atoms with Gasteiger partial charge in [0.15, 0.2) is 0 Å². The van der Waals surface area contributed by atoms with Crippen molar-refractivity contribution in [1.29, 1.82) is 0 Å². The predicted molar refractivity (Wildman–Crippen MR) is 61.0 cm³/mol. The highest BCUT2D eigenvalue weighted by molar-refractivity contribution is 5.84. The second kappa shape index (κ2) is 4.05. The van der Waals surface area contributed by atoms with Crippen molar-refractivity contribution >= 4 is 5.78 Å². The van der Waals surface area contributed by atoms with E-state index in [-0.39, 0.29) is 22.9 Å². The molecule has 0 saturated carbocycles. The number of Topliss-reactive ketones (excluding diaryl/α,β-unsaturated/α-hetero) is 1. The van der Waals surface area contributed by atoms with E-state index in [9.17, 15) is 9.90 Å². The van der Waals surface area contributed by atoms with E-state index in [0.29, 0.717) is 0 Å². The van der Waals surface area contributed by atoms with Crippen molar-refractivity contribution in [1.82, 2.24) is 0 Å². The summed E-state index contributed by atoms with van der Waals surface area (Å²) < 4.78 is 0. The van der Waals surface area contributed by atoms with Gasteiger partial charge in [-0.15, -0.1) is 0 Å². The number of benzene rings is 1. The Balaban J connectivity index is 3.11. The smallest absolute Gasteiger partial charge is 0.137 e. The Kier molecular flexibility index (Phi) is 3.18. The maximum Gasteiger partial charge on any atom is 0.137 e. The van der Waals surface area contributed by atoms with E-state index in [1.165, 1.54) is 0 Å². The van der Waals surface area contributed by atoms with Gasteiger partial charge in [-0.1, -0.05) is 32.9 Å². The van der Waals surface area contributed by atoms with Crippen LogP contribution in [0.2, 0.25) is 0 Å². The maximum absolute atomic E-state index is 11.6. The van der Waals surface area contributed by atoms with Crippen LogP contribution in [-0.4, -0.2) is 10.9 Å². The summed E-state index contributed by atoms with van der Waals surface area (Å²) >= 11 is 0. The van der Waals surface area contributed by atoms with Crippen LogP contribution in [0.4, 0.5) is 0 Å². The third-order valence-electron chi connectivity index (χ3n) is 2.50. The second-order valence-corrected chi connectivity index (χ2v) is 5.00. The number of hydrogen-bond acceptors (Lipinski definition) is 2. The van der Waals surface area contributed by atoms with Gasteiger partial charge >= 0.3 is 0 Å². The van der Waals surface area contributed by atoms with E-state index in [2.05, 4.69) is 0 Å². The number of carbonyl (C=O) groups is 1. The first kappa shape index (κ1) is 11.8. The van der Waals surface area contributed by atoms with Gasteiger partial charge in [-0.05, 0) is 30.0 Å². The van der Waals surface area contributed by atoms with Crippen LogP contribution in [0.1, 0.15) is 39.2 Å². The molecule has 0 bridgehead atoms. The van der Waals surface area contributed by atoms with Crippen molar-refractivity contribution in [2.45, 2.75) is 33.6 Å². The van der Waals surface area contributed by atoms with Gasteiger partial charge in [-0.2, -0.15) is 0 Å². The lowest BCUT2D eigenvalue weighted by Crippen LogP contribution is -2.24. The highest BCUT2D eigenvalue weighted by Crippen LogP contribution is 2.36.